The molecule has 2 aliphatic rings. The second kappa shape index (κ2) is 11.5. The quantitative estimate of drug-likeness (QED) is 0.375. The molecule has 2 heterocycles. The fourth-order valence-corrected chi connectivity index (χ4v) is 5.20. The van der Waals surface area contributed by atoms with Crippen molar-refractivity contribution in [3.8, 4) is 17.2 Å². The van der Waals surface area contributed by atoms with Gasteiger partial charge >= 0.3 is 6.18 Å². The Morgan fingerprint density at radius 1 is 1.10 bits per heavy atom. The van der Waals surface area contributed by atoms with E-state index in [0.29, 0.717) is 35.1 Å². The van der Waals surface area contributed by atoms with Gasteiger partial charge in [-0.25, -0.2) is 4.99 Å². The number of anilines is 1. The highest BCUT2D eigenvalue weighted by Gasteiger charge is 2.36. The standard InChI is InChI=1S/C28H24F3N3O5S/c1-2-37-21-9-7-19(8-10-21)32-26(36)24-14-25(35)34(15-17-6-11-22-23(12-17)39-16-38-22)27(40-24)33-20-5-3-4-18(13-20)28(29,30)31/h3-13,24H,2,14-16H2,1H3,(H,32,36)/t24-/m0/s1. The zero-order chi connectivity index (χ0) is 28.3. The number of fused-ring (bicyclic) bond motifs is 1. The van der Waals surface area contributed by atoms with E-state index in [1.807, 2.05) is 6.92 Å². The molecule has 5 rings (SSSR count). The maximum atomic E-state index is 13.3. The molecule has 1 saturated heterocycles. The normalized spacial score (nSPS) is 17.7. The van der Waals surface area contributed by atoms with E-state index < -0.39 is 28.8 Å². The molecule has 1 N–H and O–H groups in total. The molecule has 2 amide bonds. The van der Waals surface area contributed by atoms with Crippen LogP contribution in [0.1, 0.15) is 24.5 Å². The molecule has 0 aliphatic carbocycles. The van der Waals surface area contributed by atoms with E-state index in [-0.39, 0.29) is 30.6 Å². The molecule has 3 aromatic carbocycles. The van der Waals surface area contributed by atoms with Crippen molar-refractivity contribution in [1.82, 2.24) is 4.90 Å². The van der Waals surface area contributed by atoms with Crippen molar-refractivity contribution in [2.45, 2.75) is 31.3 Å². The van der Waals surface area contributed by atoms with Crippen molar-refractivity contribution in [2.24, 2.45) is 4.99 Å². The van der Waals surface area contributed by atoms with E-state index in [0.717, 1.165) is 23.9 Å². The number of carbonyl (C=O) groups is 2. The highest BCUT2D eigenvalue weighted by molar-refractivity contribution is 8.15. The summed E-state index contributed by atoms with van der Waals surface area (Å²) in [7, 11) is 0. The molecule has 12 heteroatoms. The summed E-state index contributed by atoms with van der Waals surface area (Å²) < 4.78 is 56.1. The predicted molar refractivity (Wildman–Crippen MR) is 144 cm³/mol. The third kappa shape index (κ3) is 6.33. The second-order valence-electron chi connectivity index (χ2n) is 8.87. The average molecular weight is 572 g/mol. The summed E-state index contributed by atoms with van der Waals surface area (Å²) >= 11 is 1.02. The molecule has 0 unspecified atom stereocenters. The van der Waals surface area contributed by atoms with Crippen molar-refractivity contribution in [1.29, 1.82) is 0 Å². The summed E-state index contributed by atoms with van der Waals surface area (Å²) in [6, 6.07) is 16.5. The molecule has 0 aromatic heterocycles. The molecule has 2 aliphatic heterocycles. The van der Waals surface area contributed by atoms with Crippen molar-refractivity contribution in [3.05, 3.63) is 77.9 Å². The van der Waals surface area contributed by atoms with Gasteiger partial charge in [-0.3, -0.25) is 14.5 Å². The number of nitrogens with one attached hydrogen (secondary N) is 1. The summed E-state index contributed by atoms with van der Waals surface area (Å²) in [6.07, 6.45) is -4.68. The molecule has 3 aromatic rings. The smallest absolute Gasteiger partial charge is 0.416 e. The van der Waals surface area contributed by atoms with Crippen LogP contribution in [0, 0.1) is 0 Å². The number of carbonyl (C=O) groups excluding carboxylic acids is 2. The van der Waals surface area contributed by atoms with Crippen LogP contribution in [0.4, 0.5) is 24.5 Å². The fourth-order valence-electron chi connectivity index (χ4n) is 4.10. The van der Waals surface area contributed by atoms with Gasteiger partial charge in [-0.1, -0.05) is 23.9 Å². The number of thioether (sulfide) groups is 1. The Hall–Kier alpha value is -4.19. The summed E-state index contributed by atoms with van der Waals surface area (Å²) in [5.41, 5.74) is 0.356. The minimum absolute atomic E-state index is 0.00776. The third-order valence-electron chi connectivity index (χ3n) is 6.04. The first kappa shape index (κ1) is 27.4. The highest BCUT2D eigenvalue weighted by Crippen LogP contribution is 2.36. The van der Waals surface area contributed by atoms with Crippen LogP contribution in [0.25, 0.3) is 0 Å². The largest absolute Gasteiger partial charge is 0.494 e. The lowest BCUT2D eigenvalue weighted by molar-refractivity contribution is -0.137. The Morgan fingerprint density at radius 2 is 1.88 bits per heavy atom. The molecule has 0 bridgehead atoms. The van der Waals surface area contributed by atoms with Crippen LogP contribution in [0.2, 0.25) is 0 Å². The van der Waals surface area contributed by atoms with Gasteiger partial charge in [-0.2, -0.15) is 13.2 Å². The van der Waals surface area contributed by atoms with Crippen LogP contribution >= 0.6 is 11.8 Å². The maximum absolute atomic E-state index is 13.3. The fraction of sp³-hybridized carbons (Fsp3) is 0.250. The summed E-state index contributed by atoms with van der Waals surface area (Å²) in [5, 5.41) is 2.05. The maximum Gasteiger partial charge on any atom is 0.416 e. The van der Waals surface area contributed by atoms with Crippen molar-refractivity contribution >= 4 is 40.1 Å². The molecule has 208 valence electrons. The topological polar surface area (TPSA) is 89.5 Å². The minimum Gasteiger partial charge on any atom is -0.494 e. The third-order valence-corrected chi connectivity index (χ3v) is 7.23. The van der Waals surface area contributed by atoms with Gasteiger partial charge in [-0.15, -0.1) is 0 Å². The van der Waals surface area contributed by atoms with E-state index in [1.54, 1.807) is 42.5 Å². The number of alkyl halides is 3. The van der Waals surface area contributed by atoms with Gasteiger partial charge in [0.05, 0.1) is 24.4 Å². The Bertz CT molecular complexity index is 1450. The van der Waals surface area contributed by atoms with Crippen molar-refractivity contribution in [3.63, 3.8) is 0 Å². The zero-order valence-electron chi connectivity index (χ0n) is 21.2. The molecule has 1 fully saturated rings. The number of ether oxygens (including phenoxy) is 3. The number of hydrogen-bond donors (Lipinski definition) is 1. The number of hydrogen-bond acceptors (Lipinski definition) is 7. The molecule has 0 radical (unpaired) electrons. The van der Waals surface area contributed by atoms with Gasteiger partial charge in [0.2, 0.25) is 18.6 Å². The monoisotopic (exact) mass is 571 g/mol. The lowest BCUT2D eigenvalue weighted by Gasteiger charge is -2.32. The highest BCUT2D eigenvalue weighted by atomic mass is 32.2. The van der Waals surface area contributed by atoms with Crippen LogP contribution in [0.15, 0.2) is 71.7 Å². The van der Waals surface area contributed by atoms with E-state index in [4.69, 9.17) is 14.2 Å². The molecular weight excluding hydrogens is 547 g/mol. The molecular formula is C28H24F3N3O5S. The summed E-state index contributed by atoms with van der Waals surface area (Å²) in [4.78, 5) is 32.2. The predicted octanol–water partition coefficient (Wildman–Crippen LogP) is 5.99. The molecule has 0 saturated carbocycles. The second-order valence-corrected chi connectivity index (χ2v) is 10.0. The van der Waals surface area contributed by atoms with Crippen LogP contribution in [-0.4, -0.2) is 40.5 Å². The van der Waals surface area contributed by atoms with Crippen molar-refractivity contribution < 1.29 is 37.0 Å². The number of nitrogens with zero attached hydrogens (tertiary/aromatic N) is 2. The summed E-state index contributed by atoms with van der Waals surface area (Å²) in [5.74, 6) is 0.930. The van der Waals surface area contributed by atoms with Crippen LogP contribution in [0.3, 0.4) is 0 Å². The molecule has 1 atom stereocenters. The number of benzene rings is 3. The lowest BCUT2D eigenvalue weighted by atomic mass is 10.1. The van der Waals surface area contributed by atoms with Gasteiger partial charge in [0.25, 0.3) is 0 Å². The Morgan fingerprint density at radius 3 is 2.62 bits per heavy atom. The first-order valence-electron chi connectivity index (χ1n) is 12.3. The van der Waals surface area contributed by atoms with E-state index in [1.165, 1.54) is 17.0 Å². The van der Waals surface area contributed by atoms with Gasteiger partial charge in [0.1, 0.15) is 11.0 Å². The van der Waals surface area contributed by atoms with Gasteiger partial charge in [0, 0.05) is 12.1 Å². The van der Waals surface area contributed by atoms with Crippen LogP contribution in [0.5, 0.6) is 17.2 Å². The Labute approximate surface area is 232 Å². The first-order chi connectivity index (χ1) is 19.2. The average Bonchev–Trinajstić information content (AvgIpc) is 3.39. The zero-order valence-corrected chi connectivity index (χ0v) is 22.1. The molecule has 0 spiro atoms. The molecule has 40 heavy (non-hydrogen) atoms. The van der Waals surface area contributed by atoms with E-state index >= 15 is 0 Å². The van der Waals surface area contributed by atoms with Crippen molar-refractivity contribution in [2.75, 3.05) is 18.7 Å². The number of amides is 2. The Kier molecular flexibility index (Phi) is 7.88. The van der Waals surface area contributed by atoms with Gasteiger partial charge in [0.15, 0.2) is 16.7 Å². The SMILES string of the molecule is CCOc1ccc(NC(=O)[C@@H]2CC(=O)N(Cc3ccc4c(c3)OCO4)C(=Nc3cccc(C(F)(F)F)c3)S2)cc1. The lowest BCUT2D eigenvalue weighted by Crippen LogP contribution is -2.44. The van der Waals surface area contributed by atoms with Crippen LogP contribution in [-0.2, 0) is 22.3 Å². The van der Waals surface area contributed by atoms with E-state index in [2.05, 4.69) is 10.3 Å². The van der Waals surface area contributed by atoms with E-state index in [9.17, 15) is 22.8 Å². The van der Waals surface area contributed by atoms with Gasteiger partial charge < -0.3 is 19.5 Å². The number of aliphatic imine (C=N–C) groups is 1. The Balaban J connectivity index is 1.41. The number of rotatable bonds is 7. The first-order valence-corrected chi connectivity index (χ1v) is 13.2. The van der Waals surface area contributed by atoms with Crippen LogP contribution < -0.4 is 19.5 Å². The minimum atomic E-state index is -4.56. The number of amidine groups is 1. The molecule has 8 nitrogen and oxygen atoms in total. The summed E-state index contributed by atoms with van der Waals surface area (Å²) in [6.45, 7) is 2.53. The van der Waals surface area contributed by atoms with Gasteiger partial charge in [-0.05, 0) is 67.1 Å². The number of halogens is 3.